The zero-order chi connectivity index (χ0) is 11.3. The molecule has 0 fully saturated rings. The fourth-order valence-corrected chi connectivity index (χ4v) is 1.09. The maximum atomic E-state index is 5.47. The zero-order valence-corrected chi connectivity index (χ0v) is 9.40. The average Bonchev–Trinajstić information content (AvgIpc) is 2.21. The minimum absolute atomic E-state index is 0.111. The third-order valence-electron chi connectivity index (χ3n) is 1.96. The first-order valence-corrected chi connectivity index (χ1v) is 4.99. The lowest BCUT2D eigenvalue weighted by molar-refractivity contribution is 0.0603. The van der Waals surface area contributed by atoms with Crippen molar-refractivity contribution in [3.8, 4) is 0 Å². The third-order valence-corrected chi connectivity index (χ3v) is 1.96. The molecule has 0 bridgehead atoms. The van der Waals surface area contributed by atoms with Crippen LogP contribution in [0.1, 0.15) is 31.3 Å². The Kier molecular flexibility index (Phi) is 4.61. The van der Waals surface area contributed by atoms with Crippen LogP contribution in [-0.4, -0.2) is 22.7 Å². The molecule has 15 heavy (non-hydrogen) atoms. The van der Waals surface area contributed by atoms with Gasteiger partial charge in [0, 0.05) is 6.20 Å². The maximum Gasteiger partial charge on any atom is 0.0881 e. The topological polar surface area (TPSA) is 73.1 Å². The number of nitrogens with one attached hydrogen (secondary N) is 1. The summed E-state index contributed by atoms with van der Waals surface area (Å²) in [6, 6.07) is -0.111. The number of aromatic nitrogens is 2. The lowest BCUT2D eigenvalue weighted by Crippen LogP contribution is -2.32. The highest BCUT2D eigenvalue weighted by molar-refractivity contribution is 5.05. The predicted octanol–water partition coefficient (Wildman–Crippen LogP) is 0.714. The van der Waals surface area contributed by atoms with Gasteiger partial charge in [-0.1, -0.05) is 0 Å². The van der Waals surface area contributed by atoms with Gasteiger partial charge in [0.1, 0.15) is 0 Å². The van der Waals surface area contributed by atoms with Crippen molar-refractivity contribution in [2.24, 2.45) is 5.84 Å². The molecule has 3 N–H and O–H groups in total. The van der Waals surface area contributed by atoms with Gasteiger partial charge in [0.15, 0.2) is 0 Å². The van der Waals surface area contributed by atoms with Crippen LogP contribution in [0.25, 0.3) is 0 Å². The Morgan fingerprint density at radius 2 is 2.13 bits per heavy atom. The van der Waals surface area contributed by atoms with Crippen LogP contribution < -0.4 is 11.3 Å². The van der Waals surface area contributed by atoms with Crippen molar-refractivity contribution < 1.29 is 4.74 Å². The predicted molar refractivity (Wildman–Crippen MR) is 57.9 cm³/mol. The second-order valence-electron chi connectivity index (χ2n) is 3.68. The second-order valence-corrected chi connectivity index (χ2v) is 3.68. The third kappa shape index (κ3) is 3.91. The van der Waals surface area contributed by atoms with Crippen molar-refractivity contribution >= 4 is 0 Å². The van der Waals surface area contributed by atoms with Gasteiger partial charge in [0.05, 0.1) is 36.3 Å². The number of hydrazine groups is 1. The van der Waals surface area contributed by atoms with Gasteiger partial charge in [-0.05, 0) is 20.8 Å². The van der Waals surface area contributed by atoms with E-state index in [1.54, 1.807) is 12.4 Å². The molecule has 5 nitrogen and oxygen atoms in total. The smallest absolute Gasteiger partial charge is 0.0881 e. The van der Waals surface area contributed by atoms with Crippen molar-refractivity contribution in [2.45, 2.75) is 32.9 Å². The fourth-order valence-electron chi connectivity index (χ4n) is 1.09. The Balaban J connectivity index is 2.61. The van der Waals surface area contributed by atoms with E-state index in [0.717, 1.165) is 11.4 Å². The van der Waals surface area contributed by atoms with E-state index >= 15 is 0 Å². The molecule has 5 heteroatoms. The van der Waals surface area contributed by atoms with Gasteiger partial charge in [-0.15, -0.1) is 0 Å². The number of nitrogens with two attached hydrogens (primary N) is 1. The number of rotatable bonds is 5. The van der Waals surface area contributed by atoms with Crippen LogP contribution in [0.2, 0.25) is 0 Å². The molecule has 0 radical (unpaired) electrons. The summed E-state index contributed by atoms with van der Waals surface area (Å²) in [5.74, 6) is 5.43. The van der Waals surface area contributed by atoms with Crippen LogP contribution in [0.3, 0.4) is 0 Å². The summed E-state index contributed by atoms with van der Waals surface area (Å²) in [4.78, 5) is 8.40. The van der Waals surface area contributed by atoms with Crippen LogP contribution in [0, 0.1) is 6.92 Å². The van der Waals surface area contributed by atoms with Gasteiger partial charge in [-0.2, -0.15) is 0 Å². The molecule has 0 aliphatic heterocycles. The summed E-state index contributed by atoms with van der Waals surface area (Å²) in [6.45, 7) is 6.35. The lowest BCUT2D eigenvalue weighted by Gasteiger charge is -2.16. The van der Waals surface area contributed by atoms with E-state index in [-0.39, 0.29) is 12.1 Å². The Bertz CT molecular complexity index is 286. The van der Waals surface area contributed by atoms with Gasteiger partial charge in [0.25, 0.3) is 0 Å². The highest BCUT2D eigenvalue weighted by Crippen LogP contribution is 2.09. The van der Waals surface area contributed by atoms with E-state index < -0.39 is 0 Å². The number of hydrogen-bond donors (Lipinski definition) is 2. The van der Waals surface area contributed by atoms with Crippen molar-refractivity contribution in [3.63, 3.8) is 0 Å². The van der Waals surface area contributed by atoms with E-state index in [2.05, 4.69) is 15.4 Å². The first-order chi connectivity index (χ1) is 7.13. The molecule has 0 amide bonds. The number of hydrogen-bond acceptors (Lipinski definition) is 5. The molecule has 1 atom stereocenters. The number of ether oxygens (including phenoxy) is 1. The molecule has 1 rings (SSSR count). The summed E-state index contributed by atoms with van der Waals surface area (Å²) >= 11 is 0. The van der Waals surface area contributed by atoms with Crippen LogP contribution in [0.15, 0.2) is 12.4 Å². The molecule has 0 saturated carbocycles. The van der Waals surface area contributed by atoms with E-state index in [1.807, 2.05) is 20.8 Å². The largest absolute Gasteiger partial charge is 0.377 e. The summed E-state index contributed by atoms with van der Waals surface area (Å²) in [5.41, 5.74) is 4.35. The van der Waals surface area contributed by atoms with E-state index in [4.69, 9.17) is 10.6 Å². The SMILES string of the molecule is Cc1cnc(C(COC(C)C)NN)cn1. The molecule has 84 valence electrons. The Labute approximate surface area is 90.0 Å². The molecule has 0 saturated heterocycles. The number of nitrogens with zero attached hydrogens (tertiary/aromatic N) is 2. The minimum atomic E-state index is -0.111. The Hall–Kier alpha value is -1.04. The van der Waals surface area contributed by atoms with Crippen LogP contribution in [-0.2, 0) is 4.74 Å². The summed E-state index contributed by atoms with van der Waals surface area (Å²) in [7, 11) is 0. The summed E-state index contributed by atoms with van der Waals surface area (Å²) in [6.07, 6.45) is 3.61. The molecule has 1 aromatic heterocycles. The minimum Gasteiger partial charge on any atom is -0.377 e. The first-order valence-electron chi connectivity index (χ1n) is 4.99. The molecule has 0 aliphatic rings. The molecule has 0 aliphatic carbocycles. The van der Waals surface area contributed by atoms with Crippen molar-refractivity contribution in [2.75, 3.05) is 6.61 Å². The van der Waals surface area contributed by atoms with Gasteiger partial charge < -0.3 is 4.74 Å². The van der Waals surface area contributed by atoms with Crippen molar-refractivity contribution in [1.29, 1.82) is 0 Å². The van der Waals surface area contributed by atoms with E-state index in [1.165, 1.54) is 0 Å². The Morgan fingerprint density at radius 3 is 2.60 bits per heavy atom. The quantitative estimate of drug-likeness (QED) is 0.553. The average molecular weight is 210 g/mol. The monoisotopic (exact) mass is 210 g/mol. The molecule has 0 aromatic carbocycles. The summed E-state index contributed by atoms with van der Waals surface area (Å²) in [5, 5.41) is 0. The van der Waals surface area contributed by atoms with Crippen molar-refractivity contribution in [1.82, 2.24) is 15.4 Å². The molecular formula is C10H18N4O. The normalized spacial score (nSPS) is 13.1. The zero-order valence-electron chi connectivity index (χ0n) is 9.40. The molecule has 1 heterocycles. The number of aryl methyl sites for hydroxylation is 1. The highest BCUT2D eigenvalue weighted by atomic mass is 16.5. The fraction of sp³-hybridized carbons (Fsp3) is 0.600. The van der Waals surface area contributed by atoms with E-state index in [0.29, 0.717) is 6.61 Å². The molecule has 1 unspecified atom stereocenters. The van der Waals surface area contributed by atoms with Gasteiger partial charge in [-0.25, -0.2) is 5.43 Å². The maximum absolute atomic E-state index is 5.47. The molecule has 1 aromatic rings. The molecular weight excluding hydrogens is 192 g/mol. The van der Waals surface area contributed by atoms with Crippen molar-refractivity contribution in [3.05, 3.63) is 23.8 Å². The van der Waals surface area contributed by atoms with Crippen LogP contribution >= 0.6 is 0 Å². The second kappa shape index (κ2) is 5.75. The van der Waals surface area contributed by atoms with Gasteiger partial charge in [0.2, 0.25) is 0 Å². The van der Waals surface area contributed by atoms with Crippen LogP contribution in [0.4, 0.5) is 0 Å². The summed E-state index contributed by atoms with van der Waals surface area (Å²) < 4.78 is 5.47. The lowest BCUT2D eigenvalue weighted by atomic mass is 10.2. The Morgan fingerprint density at radius 1 is 1.40 bits per heavy atom. The van der Waals surface area contributed by atoms with Crippen LogP contribution in [0.5, 0.6) is 0 Å². The van der Waals surface area contributed by atoms with Gasteiger partial charge >= 0.3 is 0 Å². The molecule has 0 spiro atoms. The van der Waals surface area contributed by atoms with E-state index in [9.17, 15) is 0 Å². The standard InChI is InChI=1S/C10H18N4O/c1-7(2)15-6-10(14-11)9-5-12-8(3)4-13-9/h4-5,7,10,14H,6,11H2,1-3H3. The van der Waals surface area contributed by atoms with Gasteiger partial charge in [-0.3, -0.25) is 15.8 Å². The first kappa shape index (κ1) is 12.0. The highest BCUT2D eigenvalue weighted by Gasteiger charge is 2.12.